The largest absolute Gasteiger partial charge is 0.394 e. The molecule has 0 rings (SSSR count). The maximum Gasteiger partial charge on any atom is 0.157 e. The highest BCUT2D eigenvalue weighted by atomic mass is 16.7. The lowest BCUT2D eigenvalue weighted by Crippen LogP contribution is -2.30. The molecule has 7 heteroatoms. The van der Waals surface area contributed by atoms with Crippen LogP contribution in [0.1, 0.15) is 233 Å². The van der Waals surface area contributed by atoms with Gasteiger partial charge < -0.3 is 33.7 Å². The summed E-state index contributed by atoms with van der Waals surface area (Å²) in [5.74, 6) is 0. The van der Waals surface area contributed by atoms with Crippen LogP contribution >= 0.6 is 0 Å². The van der Waals surface area contributed by atoms with Crippen LogP contribution in [0.5, 0.6) is 0 Å². The minimum Gasteiger partial charge on any atom is -0.394 e. The van der Waals surface area contributed by atoms with E-state index >= 15 is 0 Å². The van der Waals surface area contributed by atoms with Crippen LogP contribution in [-0.2, 0) is 23.7 Å². The summed E-state index contributed by atoms with van der Waals surface area (Å²) in [6.45, 7) is 16.7. The summed E-state index contributed by atoms with van der Waals surface area (Å²) in [7, 11) is 0. The number of unbranched alkanes of at least 4 members (excludes halogenated alkanes) is 24. The van der Waals surface area contributed by atoms with Gasteiger partial charge in [-0.15, -0.1) is 0 Å². The maximum atomic E-state index is 9.19. The maximum absolute atomic E-state index is 9.19. The summed E-state index contributed by atoms with van der Waals surface area (Å²) in [4.78, 5) is 2.57. The summed E-state index contributed by atoms with van der Waals surface area (Å²) >= 11 is 0. The molecule has 0 heterocycles. The van der Waals surface area contributed by atoms with Gasteiger partial charge in [-0.05, 0) is 77.3 Å². The molecule has 0 amide bonds. The van der Waals surface area contributed by atoms with Crippen LogP contribution in [-0.4, -0.2) is 88.5 Å². The van der Waals surface area contributed by atoms with Crippen molar-refractivity contribution in [1.82, 2.24) is 4.90 Å². The minimum atomic E-state index is -0.0531. The molecule has 0 bridgehead atoms. The number of ether oxygens (including phenoxy) is 5. The van der Waals surface area contributed by atoms with Gasteiger partial charge in [0.05, 0.1) is 19.8 Å². The van der Waals surface area contributed by atoms with Crippen LogP contribution in [0, 0.1) is 0 Å². The lowest BCUT2D eigenvalue weighted by atomic mass is 10.1. The fraction of sp³-hybridized carbons (Fsp3) is 1.00. The molecule has 0 unspecified atom stereocenters. The summed E-state index contributed by atoms with van der Waals surface area (Å²) < 4.78 is 30.8. The number of aliphatic hydroxyl groups excluding tert-OH is 1. The molecule has 0 aromatic rings. The van der Waals surface area contributed by atoms with Crippen molar-refractivity contribution in [2.75, 3.05) is 65.9 Å². The van der Waals surface area contributed by atoms with Crippen molar-refractivity contribution in [3.63, 3.8) is 0 Å². The van der Waals surface area contributed by atoms with Gasteiger partial charge in [0.1, 0.15) is 0 Å². The Morgan fingerprint density at radius 2 is 0.636 bits per heavy atom. The van der Waals surface area contributed by atoms with Crippen molar-refractivity contribution in [3.8, 4) is 0 Å². The van der Waals surface area contributed by atoms with E-state index < -0.39 is 0 Å². The molecule has 0 aliphatic rings. The van der Waals surface area contributed by atoms with E-state index in [1.807, 2.05) is 0 Å². The van der Waals surface area contributed by atoms with Crippen LogP contribution in [0.4, 0.5) is 0 Å². The van der Waals surface area contributed by atoms with Gasteiger partial charge >= 0.3 is 0 Å². The van der Waals surface area contributed by atoms with Gasteiger partial charge in [-0.3, -0.25) is 0 Å². The fourth-order valence-corrected chi connectivity index (χ4v) is 7.16. The van der Waals surface area contributed by atoms with Gasteiger partial charge in [-0.25, -0.2) is 0 Å². The lowest BCUT2D eigenvalue weighted by Gasteiger charge is -2.23. The molecule has 0 fully saturated rings. The second-order valence-corrected chi connectivity index (χ2v) is 16.3. The lowest BCUT2D eigenvalue weighted by molar-refractivity contribution is -0.148. The van der Waals surface area contributed by atoms with E-state index in [9.17, 15) is 5.11 Å². The number of hydrogen-bond acceptors (Lipinski definition) is 7. The highest BCUT2D eigenvalue weighted by Gasteiger charge is 2.12. The molecule has 55 heavy (non-hydrogen) atoms. The molecule has 0 aromatic heterocycles. The van der Waals surface area contributed by atoms with Gasteiger partial charge in [-0.1, -0.05) is 169 Å². The van der Waals surface area contributed by atoms with Crippen LogP contribution in [0.3, 0.4) is 0 Å². The molecule has 1 N–H and O–H groups in total. The van der Waals surface area contributed by atoms with Gasteiger partial charge in [0.25, 0.3) is 0 Å². The Balaban J connectivity index is 4.65. The zero-order chi connectivity index (χ0) is 40.0. The Morgan fingerprint density at radius 1 is 0.327 bits per heavy atom. The first-order chi connectivity index (χ1) is 27.2. The smallest absolute Gasteiger partial charge is 0.157 e. The van der Waals surface area contributed by atoms with Crippen molar-refractivity contribution in [2.45, 2.75) is 246 Å². The van der Waals surface area contributed by atoms with Crippen molar-refractivity contribution in [2.24, 2.45) is 0 Å². The number of nitrogens with zero attached hydrogens (tertiary/aromatic N) is 1. The first-order valence-electron chi connectivity index (χ1n) is 24.6. The molecule has 0 spiro atoms. The molecule has 0 aromatic carbocycles. The van der Waals surface area contributed by atoms with Gasteiger partial charge in [0, 0.05) is 33.0 Å². The van der Waals surface area contributed by atoms with E-state index in [1.165, 1.54) is 154 Å². The molecule has 0 saturated heterocycles. The number of aliphatic hydroxyl groups is 1. The van der Waals surface area contributed by atoms with E-state index in [-0.39, 0.29) is 19.2 Å². The second-order valence-electron chi connectivity index (χ2n) is 16.3. The summed E-state index contributed by atoms with van der Waals surface area (Å²) in [6, 6.07) is 0. The Kier molecular flexibility index (Phi) is 47.8. The first kappa shape index (κ1) is 54.7. The Labute approximate surface area is 344 Å². The van der Waals surface area contributed by atoms with Gasteiger partial charge in [0.2, 0.25) is 0 Å². The van der Waals surface area contributed by atoms with Crippen molar-refractivity contribution in [1.29, 1.82) is 0 Å². The van der Waals surface area contributed by atoms with E-state index in [4.69, 9.17) is 23.7 Å². The highest BCUT2D eigenvalue weighted by Crippen LogP contribution is 2.16. The minimum absolute atomic E-state index is 0.0531. The quantitative estimate of drug-likeness (QED) is 0.0486. The van der Waals surface area contributed by atoms with E-state index in [0.29, 0.717) is 13.2 Å². The third kappa shape index (κ3) is 43.1. The van der Waals surface area contributed by atoms with E-state index in [1.54, 1.807) is 0 Å². The SMILES string of the molecule is CCCCCCCCOC(CCCCCN(CCCCCC(OCCCCCCCC)OCCCCCCCC)CCOCCO)OCCCCCCCC. The number of rotatable bonds is 49. The summed E-state index contributed by atoms with van der Waals surface area (Å²) in [5, 5.41) is 9.19. The normalized spacial score (nSPS) is 12.0. The van der Waals surface area contributed by atoms with Crippen LogP contribution in [0.15, 0.2) is 0 Å². The molecule has 0 aliphatic carbocycles. The molecular weight excluding hydrogens is 687 g/mol. The predicted molar refractivity (Wildman–Crippen MR) is 236 cm³/mol. The Bertz CT molecular complexity index is 599. The predicted octanol–water partition coefficient (Wildman–Crippen LogP) is 13.6. The van der Waals surface area contributed by atoms with Gasteiger partial charge in [-0.2, -0.15) is 0 Å². The molecule has 0 atom stereocenters. The fourth-order valence-electron chi connectivity index (χ4n) is 7.16. The van der Waals surface area contributed by atoms with E-state index in [2.05, 4.69) is 32.6 Å². The average molecular weight is 786 g/mol. The third-order valence-electron chi connectivity index (χ3n) is 10.8. The molecule has 332 valence electrons. The van der Waals surface area contributed by atoms with Crippen molar-refractivity contribution in [3.05, 3.63) is 0 Å². The van der Waals surface area contributed by atoms with E-state index in [0.717, 1.165) is 97.4 Å². The van der Waals surface area contributed by atoms with Crippen LogP contribution in [0.2, 0.25) is 0 Å². The van der Waals surface area contributed by atoms with Gasteiger partial charge in [0.15, 0.2) is 12.6 Å². The average Bonchev–Trinajstić information content (AvgIpc) is 3.19. The van der Waals surface area contributed by atoms with Crippen molar-refractivity contribution >= 4 is 0 Å². The standard InChI is InChI=1S/C48H99NO6/c1-5-9-13-17-21-31-41-52-47(53-42-32-22-18-14-10-6-2)35-27-25-29-37-49(39-45-51-46-40-50)38-30-26-28-36-48(54-43-33-23-19-15-11-7-3)55-44-34-24-20-16-12-8-4/h47-48,50H,5-46H2,1-4H3. The van der Waals surface area contributed by atoms with Crippen LogP contribution in [0.25, 0.3) is 0 Å². The highest BCUT2D eigenvalue weighted by molar-refractivity contribution is 4.61. The Hall–Kier alpha value is -0.280. The number of hydrogen-bond donors (Lipinski definition) is 1. The zero-order valence-corrected chi connectivity index (χ0v) is 37.8. The zero-order valence-electron chi connectivity index (χ0n) is 37.8. The summed E-state index contributed by atoms with van der Waals surface area (Å²) in [5.41, 5.74) is 0. The summed E-state index contributed by atoms with van der Waals surface area (Å²) in [6.07, 6.45) is 39.8. The third-order valence-corrected chi connectivity index (χ3v) is 10.8. The molecule has 0 aliphatic heterocycles. The van der Waals surface area contributed by atoms with Crippen LogP contribution < -0.4 is 0 Å². The monoisotopic (exact) mass is 786 g/mol. The topological polar surface area (TPSA) is 69.6 Å². The second kappa shape index (κ2) is 48.1. The first-order valence-corrected chi connectivity index (χ1v) is 24.6. The molecule has 0 saturated carbocycles. The molecule has 7 nitrogen and oxygen atoms in total. The Morgan fingerprint density at radius 3 is 0.964 bits per heavy atom. The van der Waals surface area contributed by atoms with Crippen molar-refractivity contribution < 1.29 is 28.8 Å². The molecular formula is C48H99NO6. The molecule has 0 radical (unpaired) electrons.